The average molecular weight is 686 g/mol. The lowest BCUT2D eigenvalue weighted by Gasteiger charge is -2.05. The van der Waals surface area contributed by atoms with E-state index in [1.807, 2.05) is 94.1 Å². The number of thioether (sulfide) groups is 8. The fraction of sp³-hybridized carbons (Fsp3) is 0.615. The Morgan fingerprint density at radius 3 is 1.61 bits per heavy atom. The van der Waals surface area contributed by atoms with Crippen molar-refractivity contribution < 1.29 is 8.42 Å². The minimum Gasteiger partial charge on any atom is -0.354 e. The normalized spacial score (nSPS) is 18.4. The summed E-state index contributed by atoms with van der Waals surface area (Å²) in [6, 6.07) is 4.20. The minimum absolute atomic E-state index is 0.342. The Labute approximate surface area is 264 Å². The summed E-state index contributed by atoms with van der Waals surface area (Å²) in [6.45, 7) is 1.09. The maximum atomic E-state index is 11.2. The van der Waals surface area contributed by atoms with Crippen LogP contribution in [0.25, 0.3) is 0 Å². The Kier molecular flexibility index (Phi) is 16.6. The number of aromatic nitrogens is 1. The van der Waals surface area contributed by atoms with Crippen LogP contribution in [0, 0.1) is 0 Å². The van der Waals surface area contributed by atoms with E-state index in [0.29, 0.717) is 5.75 Å². The van der Waals surface area contributed by atoms with E-state index >= 15 is 0 Å². The van der Waals surface area contributed by atoms with Gasteiger partial charge in [0.05, 0.1) is 25.4 Å². The van der Waals surface area contributed by atoms with Gasteiger partial charge >= 0.3 is 0 Å². The lowest BCUT2D eigenvalue weighted by molar-refractivity contribution is 0.576. The first-order valence-electron chi connectivity index (χ1n) is 13.0. The maximum absolute atomic E-state index is 11.2. The van der Waals surface area contributed by atoms with E-state index in [1.165, 1.54) is 76.0 Å². The van der Waals surface area contributed by atoms with Crippen LogP contribution >= 0.6 is 94.1 Å². The molecule has 1 aromatic rings. The molecule has 0 saturated carbocycles. The van der Waals surface area contributed by atoms with E-state index in [2.05, 4.69) is 41.6 Å². The van der Waals surface area contributed by atoms with Crippen molar-refractivity contribution in [2.24, 2.45) is 0 Å². The van der Waals surface area contributed by atoms with E-state index in [1.54, 1.807) is 0 Å². The summed E-state index contributed by atoms with van der Waals surface area (Å²) in [4.78, 5) is 0. The second kappa shape index (κ2) is 18.7. The number of hydrogen-bond acceptors (Lipinski definition) is 10. The Morgan fingerprint density at radius 1 is 0.658 bits per heavy atom. The molecule has 0 radical (unpaired) electrons. The molecule has 0 unspecified atom stereocenters. The zero-order valence-electron chi connectivity index (χ0n) is 22.4. The van der Waals surface area contributed by atoms with E-state index in [-0.39, 0.29) is 0 Å². The summed E-state index contributed by atoms with van der Waals surface area (Å²) in [5.74, 6) is 2.70. The van der Waals surface area contributed by atoms with Gasteiger partial charge in [-0.1, -0.05) is 85.6 Å². The van der Waals surface area contributed by atoms with Crippen LogP contribution in [0.1, 0.15) is 57.8 Å². The fourth-order valence-electron chi connectivity index (χ4n) is 3.76. The van der Waals surface area contributed by atoms with E-state index in [9.17, 15) is 8.42 Å². The van der Waals surface area contributed by atoms with Gasteiger partial charge in [0.2, 0.25) is 0 Å². The zero-order valence-corrected chi connectivity index (χ0v) is 29.8. The van der Waals surface area contributed by atoms with Crippen LogP contribution in [-0.2, 0) is 16.4 Å². The Hall–Kier alpha value is 1.25. The largest absolute Gasteiger partial charge is 0.354 e. The molecule has 1 aromatic heterocycles. The van der Waals surface area contributed by atoms with Gasteiger partial charge in [-0.05, 0) is 49.7 Å². The van der Waals surface area contributed by atoms with Crippen molar-refractivity contribution in [2.45, 2.75) is 64.3 Å². The maximum Gasteiger partial charge on any atom is 0.147 e. The second-order valence-corrected chi connectivity index (χ2v) is 20.7. The molecule has 3 heterocycles. The molecule has 0 N–H and O–H groups in total. The first kappa shape index (κ1) is 33.7. The SMILES string of the molecule is CSC1=C(SCCCCCCCCCCS(C)(=O)=O)S/C(=C2\SC(SC)=C(SCCCn3cccc3)S2)S1. The number of aryl methyl sites for hydroxylation is 1. The molecule has 2 aliphatic heterocycles. The average Bonchev–Trinajstić information content (AvgIpc) is 3.64. The third kappa shape index (κ3) is 12.6. The Balaban J connectivity index is 1.32. The van der Waals surface area contributed by atoms with Crippen LogP contribution in [0.3, 0.4) is 0 Å². The monoisotopic (exact) mass is 685 g/mol. The highest BCUT2D eigenvalue weighted by molar-refractivity contribution is 8.45. The molecule has 0 bridgehead atoms. The molecule has 2 aliphatic rings. The summed E-state index contributed by atoms with van der Waals surface area (Å²) in [5, 5.41) is 0. The third-order valence-electron chi connectivity index (χ3n) is 5.71. The van der Waals surface area contributed by atoms with Crippen molar-refractivity contribution in [1.82, 2.24) is 4.57 Å². The van der Waals surface area contributed by atoms with Crippen LogP contribution in [-0.4, -0.2) is 49.0 Å². The highest BCUT2D eigenvalue weighted by Crippen LogP contribution is 2.65. The molecule has 3 nitrogen and oxygen atoms in total. The van der Waals surface area contributed by atoms with Gasteiger partial charge in [-0.25, -0.2) is 8.42 Å². The van der Waals surface area contributed by atoms with Gasteiger partial charge in [-0.15, -0.1) is 47.0 Å². The van der Waals surface area contributed by atoms with Crippen LogP contribution in [0.5, 0.6) is 0 Å². The van der Waals surface area contributed by atoms with Gasteiger partial charge in [-0.3, -0.25) is 0 Å². The van der Waals surface area contributed by atoms with Gasteiger partial charge < -0.3 is 4.57 Å². The second-order valence-electron chi connectivity index (χ2n) is 8.97. The number of sulfone groups is 1. The van der Waals surface area contributed by atoms with Gasteiger partial charge in [0.1, 0.15) is 9.84 Å². The van der Waals surface area contributed by atoms with Crippen LogP contribution in [0.2, 0.25) is 0 Å². The molecule has 3 rings (SSSR count). The lowest BCUT2D eigenvalue weighted by Crippen LogP contribution is -2.02. The molecule has 12 heteroatoms. The number of unbranched alkanes of at least 4 members (excludes halogenated alkanes) is 7. The minimum atomic E-state index is -2.79. The van der Waals surface area contributed by atoms with E-state index in [0.717, 1.165) is 31.6 Å². The summed E-state index contributed by atoms with van der Waals surface area (Å²) < 4.78 is 33.5. The smallest absolute Gasteiger partial charge is 0.147 e. The molecule has 0 spiro atoms. The highest BCUT2D eigenvalue weighted by atomic mass is 32.3. The van der Waals surface area contributed by atoms with Gasteiger partial charge in [0, 0.05) is 36.7 Å². The number of rotatable bonds is 19. The third-order valence-corrected chi connectivity index (χ3v) is 18.2. The quantitative estimate of drug-likeness (QED) is 0.131. The van der Waals surface area contributed by atoms with Crippen molar-refractivity contribution in [1.29, 1.82) is 0 Å². The molecule has 214 valence electrons. The predicted octanol–water partition coefficient (Wildman–Crippen LogP) is 10.6. The van der Waals surface area contributed by atoms with Crippen molar-refractivity contribution in [3.8, 4) is 0 Å². The highest BCUT2D eigenvalue weighted by Gasteiger charge is 2.30. The summed E-state index contributed by atoms with van der Waals surface area (Å²) in [5.41, 5.74) is 0. The molecule has 0 amide bonds. The van der Waals surface area contributed by atoms with E-state index in [4.69, 9.17) is 0 Å². The molecular weight excluding hydrogens is 647 g/mol. The molecule has 38 heavy (non-hydrogen) atoms. The van der Waals surface area contributed by atoms with Crippen LogP contribution < -0.4 is 0 Å². The molecule has 0 fully saturated rings. The summed E-state index contributed by atoms with van der Waals surface area (Å²) in [6.07, 6.45) is 20.6. The standard InChI is InChI=1S/C26H39NO2S9/c1-30-21-23(32-18-12-8-6-4-5-7-9-13-20-38(3,28)29)36-25(34-21)26-35-22(31-2)24(37-26)33-19-14-17-27-15-10-11-16-27/h10-11,15-16H,4-9,12-14,17-20H2,1-3H3/b26-25+. The van der Waals surface area contributed by atoms with Crippen LogP contribution in [0.15, 0.2) is 49.9 Å². The Bertz CT molecular complexity index is 1060. The predicted molar refractivity (Wildman–Crippen MR) is 189 cm³/mol. The summed E-state index contributed by atoms with van der Waals surface area (Å²) in [7, 11) is -2.79. The lowest BCUT2D eigenvalue weighted by atomic mass is 10.1. The van der Waals surface area contributed by atoms with Crippen molar-refractivity contribution in [2.75, 3.05) is 36.0 Å². The van der Waals surface area contributed by atoms with Crippen molar-refractivity contribution >= 4 is 104 Å². The first-order valence-corrected chi connectivity index (χ1v) is 22.7. The van der Waals surface area contributed by atoms with Crippen LogP contribution in [0.4, 0.5) is 0 Å². The fourth-order valence-corrected chi connectivity index (χ4v) is 15.7. The Morgan fingerprint density at radius 2 is 1.11 bits per heavy atom. The topological polar surface area (TPSA) is 39.1 Å². The molecule has 0 aromatic carbocycles. The van der Waals surface area contributed by atoms with Crippen molar-refractivity contribution in [3.05, 3.63) is 49.9 Å². The molecule has 0 atom stereocenters. The number of hydrogen-bond donors (Lipinski definition) is 0. The summed E-state index contributed by atoms with van der Waals surface area (Å²) >= 11 is 15.8. The zero-order chi connectivity index (χ0) is 27.2. The van der Waals surface area contributed by atoms with Gasteiger partial charge in [0.25, 0.3) is 0 Å². The van der Waals surface area contributed by atoms with Crippen molar-refractivity contribution in [3.63, 3.8) is 0 Å². The van der Waals surface area contributed by atoms with E-state index < -0.39 is 9.84 Å². The van der Waals surface area contributed by atoms with Gasteiger partial charge in [-0.2, -0.15) is 0 Å². The number of nitrogens with zero attached hydrogens (tertiary/aromatic N) is 1. The molecular formula is C26H39NO2S9. The van der Waals surface area contributed by atoms with Gasteiger partial charge in [0.15, 0.2) is 0 Å². The molecule has 0 saturated heterocycles. The molecule has 0 aliphatic carbocycles. The first-order chi connectivity index (χ1) is 18.4.